The summed E-state index contributed by atoms with van der Waals surface area (Å²) in [4.78, 5) is 24.3. The number of aromatic nitrogens is 2. The van der Waals surface area contributed by atoms with Crippen molar-refractivity contribution in [3.8, 4) is 11.5 Å². The van der Waals surface area contributed by atoms with Crippen LogP contribution in [0.15, 0.2) is 71.5 Å². The standard InChI is InChI=1S/C23H18BrN3O3S/c1-14-21(30-19-7-3-2-6-18(19)29-14)22(28)27(13-15-5-4-10-25-12-15)23-26-17-9-8-16(24)11-20(17)31-23/h2-12,14,21H,13H2,1H3. The van der Waals surface area contributed by atoms with Crippen LogP contribution in [0.1, 0.15) is 12.5 Å². The maximum atomic E-state index is 13.7. The van der Waals surface area contributed by atoms with E-state index in [0.29, 0.717) is 23.2 Å². The van der Waals surface area contributed by atoms with Crippen molar-refractivity contribution in [2.45, 2.75) is 25.7 Å². The Morgan fingerprint density at radius 3 is 2.71 bits per heavy atom. The van der Waals surface area contributed by atoms with Gasteiger partial charge < -0.3 is 9.47 Å². The van der Waals surface area contributed by atoms with E-state index in [4.69, 9.17) is 14.5 Å². The molecule has 8 heteroatoms. The van der Waals surface area contributed by atoms with Gasteiger partial charge >= 0.3 is 0 Å². The third kappa shape index (κ3) is 4.00. The molecule has 6 nitrogen and oxygen atoms in total. The molecule has 0 radical (unpaired) electrons. The molecule has 156 valence electrons. The first kappa shape index (κ1) is 20.0. The van der Waals surface area contributed by atoms with Crippen molar-refractivity contribution in [1.29, 1.82) is 0 Å². The zero-order valence-electron chi connectivity index (χ0n) is 16.6. The van der Waals surface area contributed by atoms with Gasteiger partial charge in [-0.1, -0.05) is 45.5 Å². The minimum absolute atomic E-state index is 0.205. The number of fused-ring (bicyclic) bond motifs is 2. The number of thiazole rings is 1. The number of halogens is 1. The van der Waals surface area contributed by atoms with Crippen LogP contribution in [0.5, 0.6) is 11.5 Å². The maximum Gasteiger partial charge on any atom is 0.274 e. The van der Waals surface area contributed by atoms with E-state index in [1.54, 1.807) is 17.3 Å². The molecule has 1 amide bonds. The highest BCUT2D eigenvalue weighted by molar-refractivity contribution is 9.10. The fourth-order valence-electron chi connectivity index (χ4n) is 3.46. The molecule has 0 aliphatic carbocycles. The molecule has 31 heavy (non-hydrogen) atoms. The Labute approximate surface area is 191 Å². The molecular weight excluding hydrogens is 478 g/mol. The summed E-state index contributed by atoms with van der Waals surface area (Å²) in [5.41, 5.74) is 1.74. The second-order valence-corrected chi connectivity index (χ2v) is 9.13. The highest BCUT2D eigenvalue weighted by atomic mass is 79.9. The highest BCUT2D eigenvalue weighted by Crippen LogP contribution is 2.36. The molecule has 0 N–H and O–H groups in total. The largest absolute Gasteiger partial charge is 0.482 e. The Bertz CT molecular complexity index is 1250. The van der Waals surface area contributed by atoms with E-state index in [-0.39, 0.29) is 5.91 Å². The summed E-state index contributed by atoms with van der Waals surface area (Å²) in [6.07, 6.45) is 2.23. The number of nitrogens with zero attached hydrogens (tertiary/aromatic N) is 3. The van der Waals surface area contributed by atoms with Gasteiger partial charge in [0.1, 0.15) is 6.10 Å². The average Bonchev–Trinajstić information content (AvgIpc) is 3.20. The molecule has 1 aliphatic heterocycles. The first-order chi connectivity index (χ1) is 15.1. The van der Waals surface area contributed by atoms with E-state index in [0.717, 1.165) is 20.3 Å². The van der Waals surface area contributed by atoms with Crippen molar-refractivity contribution in [3.63, 3.8) is 0 Å². The van der Waals surface area contributed by atoms with Crippen LogP contribution in [0, 0.1) is 0 Å². The Morgan fingerprint density at radius 1 is 1.13 bits per heavy atom. The van der Waals surface area contributed by atoms with E-state index in [1.807, 2.05) is 61.5 Å². The van der Waals surface area contributed by atoms with Crippen molar-refractivity contribution in [2.24, 2.45) is 0 Å². The Kier molecular flexibility index (Phi) is 5.33. The molecule has 0 saturated heterocycles. The van der Waals surface area contributed by atoms with Crippen LogP contribution >= 0.6 is 27.3 Å². The molecule has 0 spiro atoms. The predicted molar refractivity (Wildman–Crippen MR) is 124 cm³/mol. The van der Waals surface area contributed by atoms with Crippen LogP contribution in [-0.2, 0) is 11.3 Å². The first-order valence-corrected chi connectivity index (χ1v) is 11.4. The van der Waals surface area contributed by atoms with Gasteiger partial charge in [0.2, 0.25) is 6.10 Å². The lowest BCUT2D eigenvalue weighted by molar-refractivity contribution is -0.130. The first-order valence-electron chi connectivity index (χ1n) is 9.77. The summed E-state index contributed by atoms with van der Waals surface area (Å²) in [6.45, 7) is 2.18. The maximum absolute atomic E-state index is 13.7. The van der Waals surface area contributed by atoms with Crippen LogP contribution in [0.3, 0.4) is 0 Å². The number of ether oxygens (including phenoxy) is 2. The molecule has 2 aromatic carbocycles. The van der Waals surface area contributed by atoms with E-state index in [9.17, 15) is 4.79 Å². The minimum Gasteiger partial charge on any atom is -0.482 e. The molecule has 2 atom stereocenters. The normalized spacial score (nSPS) is 17.5. The number of carbonyl (C=O) groups excluding carboxylic acids is 1. The van der Waals surface area contributed by atoms with Gasteiger partial charge in [0.25, 0.3) is 5.91 Å². The van der Waals surface area contributed by atoms with Crippen molar-refractivity contribution >= 4 is 48.5 Å². The minimum atomic E-state index is -0.787. The van der Waals surface area contributed by atoms with Gasteiger partial charge in [-0.05, 0) is 48.9 Å². The van der Waals surface area contributed by atoms with E-state index in [2.05, 4.69) is 20.9 Å². The second kappa shape index (κ2) is 8.28. The number of pyridine rings is 1. The predicted octanol–water partition coefficient (Wildman–Crippen LogP) is 5.22. The van der Waals surface area contributed by atoms with E-state index < -0.39 is 12.2 Å². The zero-order chi connectivity index (χ0) is 21.4. The Morgan fingerprint density at radius 2 is 1.94 bits per heavy atom. The summed E-state index contributed by atoms with van der Waals surface area (Å²) in [5, 5.41) is 0.608. The Balaban J connectivity index is 1.52. The smallest absolute Gasteiger partial charge is 0.274 e. The van der Waals surface area contributed by atoms with Crippen LogP contribution in [-0.4, -0.2) is 28.1 Å². The Hall–Kier alpha value is -2.97. The second-order valence-electron chi connectivity index (χ2n) is 7.20. The summed E-state index contributed by atoms with van der Waals surface area (Å²) in [6, 6.07) is 17.1. The van der Waals surface area contributed by atoms with E-state index in [1.165, 1.54) is 11.3 Å². The third-order valence-corrected chi connectivity index (χ3v) is 6.52. The number of anilines is 1. The molecule has 0 saturated carbocycles. The molecule has 2 aromatic heterocycles. The summed E-state index contributed by atoms with van der Waals surface area (Å²) in [7, 11) is 0. The van der Waals surface area contributed by atoms with Crippen molar-refractivity contribution < 1.29 is 14.3 Å². The lowest BCUT2D eigenvalue weighted by Gasteiger charge is -2.33. The number of hydrogen-bond acceptors (Lipinski definition) is 6. The van der Waals surface area contributed by atoms with Gasteiger partial charge in [-0.25, -0.2) is 4.98 Å². The van der Waals surface area contributed by atoms with Crippen molar-refractivity contribution in [1.82, 2.24) is 9.97 Å². The number of benzene rings is 2. The molecule has 0 fully saturated rings. The van der Waals surface area contributed by atoms with Crippen LogP contribution < -0.4 is 14.4 Å². The number of rotatable bonds is 4. The molecule has 5 rings (SSSR count). The molecule has 2 unspecified atom stereocenters. The van der Waals surface area contributed by atoms with Crippen molar-refractivity contribution in [2.75, 3.05) is 4.90 Å². The fraction of sp³-hybridized carbons (Fsp3) is 0.174. The monoisotopic (exact) mass is 495 g/mol. The summed E-state index contributed by atoms with van der Waals surface area (Å²) in [5.74, 6) is 1.00. The topological polar surface area (TPSA) is 64.6 Å². The number of amides is 1. The lowest BCUT2D eigenvalue weighted by Crippen LogP contribution is -2.50. The quantitative estimate of drug-likeness (QED) is 0.388. The van der Waals surface area contributed by atoms with Crippen LogP contribution in [0.4, 0.5) is 5.13 Å². The van der Waals surface area contributed by atoms with Crippen LogP contribution in [0.25, 0.3) is 10.2 Å². The summed E-state index contributed by atoms with van der Waals surface area (Å²) >= 11 is 4.97. The van der Waals surface area contributed by atoms with Gasteiger partial charge in [0.15, 0.2) is 16.6 Å². The molecule has 4 aromatic rings. The molecule has 1 aliphatic rings. The highest BCUT2D eigenvalue weighted by Gasteiger charge is 2.38. The molecule has 0 bridgehead atoms. The lowest BCUT2D eigenvalue weighted by atomic mass is 10.1. The SMILES string of the molecule is CC1Oc2ccccc2OC1C(=O)N(Cc1cccnc1)c1nc2ccc(Br)cc2s1. The van der Waals surface area contributed by atoms with Crippen LogP contribution in [0.2, 0.25) is 0 Å². The van der Waals surface area contributed by atoms with Crippen molar-refractivity contribution in [3.05, 3.63) is 77.0 Å². The molecular formula is C23H18BrN3O3S. The average molecular weight is 496 g/mol. The number of para-hydroxylation sites is 2. The number of carbonyl (C=O) groups is 1. The molecule has 3 heterocycles. The van der Waals surface area contributed by atoms with Gasteiger partial charge in [-0.3, -0.25) is 14.7 Å². The third-order valence-electron chi connectivity index (χ3n) is 4.99. The van der Waals surface area contributed by atoms with Gasteiger partial charge in [0.05, 0.1) is 16.8 Å². The zero-order valence-corrected chi connectivity index (χ0v) is 19.0. The van der Waals surface area contributed by atoms with E-state index >= 15 is 0 Å². The van der Waals surface area contributed by atoms with Gasteiger partial charge in [0, 0.05) is 16.9 Å². The van der Waals surface area contributed by atoms with Gasteiger partial charge in [-0.15, -0.1) is 0 Å². The fourth-order valence-corrected chi connectivity index (χ4v) is 4.98. The summed E-state index contributed by atoms with van der Waals surface area (Å²) < 4.78 is 14.0. The number of hydrogen-bond donors (Lipinski definition) is 0. The van der Waals surface area contributed by atoms with Gasteiger partial charge in [-0.2, -0.15) is 0 Å².